The molecular formula is C15H12N4O5S2. The van der Waals surface area contributed by atoms with Gasteiger partial charge in [-0.25, -0.2) is 13.4 Å². The predicted molar refractivity (Wildman–Crippen MR) is 97.8 cm³/mol. The molecule has 0 aliphatic carbocycles. The molecule has 0 saturated carbocycles. The number of rotatable bonds is 5. The number of amides is 1. The molecule has 0 spiro atoms. The molecule has 134 valence electrons. The van der Waals surface area contributed by atoms with Crippen molar-refractivity contribution in [1.29, 1.82) is 0 Å². The molecule has 1 aromatic heterocycles. The van der Waals surface area contributed by atoms with Gasteiger partial charge < -0.3 is 5.32 Å². The quantitative estimate of drug-likeness (QED) is 0.507. The van der Waals surface area contributed by atoms with Crippen molar-refractivity contribution in [2.45, 2.75) is 11.8 Å². The highest BCUT2D eigenvalue weighted by Crippen LogP contribution is 2.30. The summed E-state index contributed by atoms with van der Waals surface area (Å²) in [4.78, 5) is 25.4. The number of sulfonamides is 1. The van der Waals surface area contributed by atoms with Crippen molar-refractivity contribution in [1.82, 2.24) is 4.98 Å². The molecule has 0 bridgehead atoms. The summed E-state index contributed by atoms with van der Waals surface area (Å²) in [6.45, 7) is 1.35. The number of hydrogen-bond acceptors (Lipinski definition) is 7. The zero-order chi connectivity index (χ0) is 18.9. The average Bonchev–Trinajstić information content (AvgIpc) is 2.95. The minimum Gasteiger partial charge on any atom is -0.326 e. The fourth-order valence-corrected chi connectivity index (χ4v) is 4.30. The first-order chi connectivity index (χ1) is 12.2. The first-order valence-electron chi connectivity index (χ1n) is 7.20. The Morgan fingerprint density at radius 2 is 1.88 bits per heavy atom. The number of benzene rings is 2. The van der Waals surface area contributed by atoms with Crippen LogP contribution in [0.25, 0.3) is 10.2 Å². The molecule has 0 atom stereocenters. The monoisotopic (exact) mass is 392 g/mol. The number of anilines is 2. The molecule has 0 unspecified atom stereocenters. The molecule has 0 fully saturated rings. The lowest BCUT2D eigenvalue weighted by Crippen LogP contribution is -2.13. The molecule has 2 aromatic carbocycles. The lowest BCUT2D eigenvalue weighted by atomic mass is 10.3. The first kappa shape index (κ1) is 17.8. The Labute approximate surface area is 151 Å². The van der Waals surface area contributed by atoms with Crippen molar-refractivity contribution in [2.75, 3.05) is 10.0 Å². The smallest absolute Gasteiger partial charge is 0.270 e. The van der Waals surface area contributed by atoms with Crippen molar-refractivity contribution in [3.8, 4) is 0 Å². The largest absolute Gasteiger partial charge is 0.326 e. The Kier molecular flexibility index (Phi) is 4.57. The summed E-state index contributed by atoms with van der Waals surface area (Å²) >= 11 is 0.999. The number of non-ortho nitro benzene ring substituents is 1. The van der Waals surface area contributed by atoms with Gasteiger partial charge in [-0.3, -0.25) is 19.6 Å². The Morgan fingerprint density at radius 3 is 2.50 bits per heavy atom. The third-order valence-electron chi connectivity index (χ3n) is 3.29. The molecule has 26 heavy (non-hydrogen) atoms. The summed E-state index contributed by atoms with van der Waals surface area (Å²) in [5.74, 6) is -0.262. The second-order valence-corrected chi connectivity index (χ2v) is 7.95. The molecule has 0 saturated heterocycles. The van der Waals surface area contributed by atoms with Crippen LogP contribution in [0, 0.1) is 10.1 Å². The lowest BCUT2D eigenvalue weighted by molar-refractivity contribution is -0.384. The number of nitro benzene ring substituents is 1. The van der Waals surface area contributed by atoms with Gasteiger partial charge >= 0.3 is 0 Å². The third-order valence-corrected chi connectivity index (χ3v) is 5.71. The summed E-state index contributed by atoms with van der Waals surface area (Å²) in [6, 6.07) is 9.75. The van der Waals surface area contributed by atoms with Crippen molar-refractivity contribution < 1.29 is 18.1 Å². The molecule has 1 heterocycles. The van der Waals surface area contributed by atoms with Crippen molar-refractivity contribution in [3.63, 3.8) is 0 Å². The van der Waals surface area contributed by atoms with Gasteiger partial charge in [-0.1, -0.05) is 11.3 Å². The van der Waals surface area contributed by atoms with E-state index in [1.54, 1.807) is 0 Å². The van der Waals surface area contributed by atoms with Crippen molar-refractivity contribution in [3.05, 3.63) is 52.6 Å². The fraction of sp³-hybridized carbons (Fsp3) is 0.0667. The van der Waals surface area contributed by atoms with Gasteiger partial charge in [0.15, 0.2) is 5.13 Å². The van der Waals surface area contributed by atoms with Gasteiger partial charge in [0, 0.05) is 24.7 Å². The van der Waals surface area contributed by atoms with E-state index in [-0.39, 0.29) is 21.6 Å². The molecule has 9 nitrogen and oxygen atoms in total. The number of carbonyl (C=O) groups is 1. The average molecular weight is 392 g/mol. The molecular weight excluding hydrogens is 380 g/mol. The highest BCUT2D eigenvalue weighted by atomic mass is 32.2. The van der Waals surface area contributed by atoms with E-state index in [2.05, 4.69) is 15.0 Å². The number of aromatic nitrogens is 1. The second-order valence-electron chi connectivity index (χ2n) is 5.24. The topological polar surface area (TPSA) is 131 Å². The molecule has 0 radical (unpaired) electrons. The van der Waals surface area contributed by atoms with E-state index in [1.165, 1.54) is 49.4 Å². The van der Waals surface area contributed by atoms with Crippen LogP contribution in [0.1, 0.15) is 6.92 Å². The van der Waals surface area contributed by atoms with Crippen LogP contribution >= 0.6 is 11.3 Å². The number of hydrogen-bond donors (Lipinski definition) is 2. The summed E-state index contributed by atoms with van der Waals surface area (Å²) in [6.07, 6.45) is 0. The van der Waals surface area contributed by atoms with Gasteiger partial charge in [-0.15, -0.1) is 0 Å². The second kappa shape index (κ2) is 6.69. The molecule has 3 aromatic rings. The summed E-state index contributed by atoms with van der Waals surface area (Å²) < 4.78 is 27.7. The Bertz CT molecular complexity index is 1110. The van der Waals surface area contributed by atoms with E-state index in [1.807, 2.05) is 0 Å². The minimum absolute atomic E-state index is 0.00293. The van der Waals surface area contributed by atoms with Crippen LogP contribution in [0.2, 0.25) is 0 Å². The number of thiazole rings is 1. The number of nitrogens with zero attached hydrogens (tertiary/aromatic N) is 2. The van der Waals surface area contributed by atoms with Crippen molar-refractivity contribution in [2.24, 2.45) is 0 Å². The minimum atomic E-state index is -3.88. The number of fused-ring (bicyclic) bond motifs is 1. The highest BCUT2D eigenvalue weighted by molar-refractivity contribution is 7.93. The fourth-order valence-electron chi connectivity index (χ4n) is 2.17. The van der Waals surface area contributed by atoms with Crippen LogP contribution in [0.4, 0.5) is 16.5 Å². The Morgan fingerprint density at radius 1 is 1.19 bits per heavy atom. The van der Waals surface area contributed by atoms with E-state index in [0.29, 0.717) is 15.9 Å². The van der Waals surface area contributed by atoms with Gasteiger partial charge in [0.05, 0.1) is 20.0 Å². The highest BCUT2D eigenvalue weighted by Gasteiger charge is 2.17. The van der Waals surface area contributed by atoms with Crippen LogP contribution in [-0.4, -0.2) is 24.2 Å². The standard InChI is InChI=1S/C15H12N4O5S2/c1-9(20)16-10-2-5-12(6-3-10)26(23,24)18-15-17-13-7-4-11(19(21)22)8-14(13)25-15/h2-8H,1H3,(H,16,20)(H,17,18). The molecule has 0 aliphatic rings. The van der Waals surface area contributed by atoms with E-state index in [4.69, 9.17) is 0 Å². The zero-order valence-corrected chi connectivity index (χ0v) is 14.9. The first-order valence-corrected chi connectivity index (χ1v) is 9.50. The van der Waals surface area contributed by atoms with Gasteiger partial charge in [0.2, 0.25) is 5.91 Å². The van der Waals surface area contributed by atoms with Crippen molar-refractivity contribution >= 4 is 54.0 Å². The zero-order valence-electron chi connectivity index (χ0n) is 13.3. The van der Waals surface area contributed by atoms with E-state index >= 15 is 0 Å². The lowest BCUT2D eigenvalue weighted by Gasteiger charge is -2.06. The normalized spacial score (nSPS) is 11.3. The van der Waals surface area contributed by atoms with E-state index in [9.17, 15) is 23.3 Å². The van der Waals surface area contributed by atoms with Gasteiger partial charge in [-0.05, 0) is 30.3 Å². The number of nitro groups is 1. The van der Waals surface area contributed by atoms with Gasteiger partial charge in [-0.2, -0.15) is 0 Å². The van der Waals surface area contributed by atoms with Crippen LogP contribution in [0.15, 0.2) is 47.4 Å². The van der Waals surface area contributed by atoms with E-state index in [0.717, 1.165) is 11.3 Å². The van der Waals surface area contributed by atoms with Crippen LogP contribution in [0.3, 0.4) is 0 Å². The molecule has 1 amide bonds. The maximum Gasteiger partial charge on any atom is 0.270 e. The summed E-state index contributed by atoms with van der Waals surface area (Å²) in [7, 11) is -3.88. The Balaban J connectivity index is 1.85. The van der Waals surface area contributed by atoms with Gasteiger partial charge in [0.25, 0.3) is 15.7 Å². The summed E-state index contributed by atoms with van der Waals surface area (Å²) in [5, 5.41) is 13.5. The van der Waals surface area contributed by atoms with Crippen LogP contribution in [0.5, 0.6) is 0 Å². The van der Waals surface area contributed by atoms with Crippen LogP contribution in [-0.2, 0) is 14.8 Å². The summed E-state index contributed by atoms with van der Waals surface area (Å²) in [5.41, 5.74) is 0.840. The number of carbonyl (C=O) groups excluding carboxylic acids is 1. The third kappa shape index (κ3) is 3.78. The van der Waals surface area contributed by atoms with E-state index < -0.39 is 14.9 Å². The maximum atomic E-state index is 12.4. The number of nitrogens with one attached hydrogen (secondary N) is 2. The molecule has 11 heteroatoms. The van der Waals surface area contributed by atoms with Gasteiger partial charge in [0.1, 0.15) is 0 Å². The predicted octanol–water partition coefficient (Wildman–Crippen LogP) is 2.96. The molecule has 0 aliphatic heterocycles. The molecule has 3 rings (SSSR count). The Hall–Kier alpha value is -3.05. The maximum absolute atomic E-state index is 12.4. The molecule has 2 N–H and O–H groups in total. The van der Waals surface area contributed by atoms with Crippen LogP contribution < -0.4 is 10.0 Å². The SMILES string of the molecule is CC(=O)Nc1ccc(S(=O)(=O)Nc2nc3ccc([N+](=O)[O-])cc3s2)cc1.